The van der Waals surface area contributed by atoms with E-state index in [-0.39, 0.29) is 5.91 Å². The molecule has 0 aliphatic rings. The number of hydrogen-bond acceptors (Lipinski definition) is 4. The van der Waals surface area contributed by atoms with Gasteiger partial charge in [0.05, 0.1) is 0 Å². The fourth-order valence-corrected chi connectivity index (χ4v) is 1.76. The molecule has 1 aromatic carbocycles. The van der Waals surface area contributed by atoms with E-state index in [0.29, 0.717) is 17.4 Å². The third-order valence-corrected chi connectivity index (χ3v) is 2.98. The van der Waals surface area contributed by atoms with E-state index in [2.05, 4.69) is 34.7 Å². The second-order valence-electron chi connectivity index (χ2n) is 5.35. The van der Waals surface area contributed by atoms with Gasteiger partial charge >= 0.3 is 0 Å². The molecule has 2 N–H and O–H groups in total. The molecule has 0 aliphatic heterocycles. The van der Waals surface area contributed by atoms with Gasteiger partial charge in [0.25, 0.3) is 5.91 Å². The van der Waals surface area contributed by atoms with Crippen molar-refractivity contribution in [3.8, 4) is 0 Å². The van der Waals surface area contributed by atoms with E-state index in [0.717, 1.165) is 17.8 Å². The van der Waals surface area contributed by atoms with Crippen LogP contribution in [0, 0.1) is 12.8 Å². The van der Waals surface area contributed by atoms with Crippen LogP contribution >= 0.6 is 0 Å². The number of nitrogens with zero attached hydrogens (tertiary/aromatic N) is 2. The molecule has 0 aliphatic carbocycles. The lowest BCUT2D eigenvalue weighted by Gasteiger charge is -2.09. The van der Waals surface area contributed by atoms with Crippen LogP contribution in [0.3, 0.4) is 0 Å². The highest BCUT2D eigenvalue weighted by atomic mass is 16.1. The number of para-hydroxylation sites is 1. The van der Waals surface area contributed by atoms with Crippen LogP contribution in [0.2, 0.25) is 0 Å². The zero-order chi connectivity index (χ0) is 15.2. The van der Waals surface area contributed by atoms with Crippen molar-refractivity contribution in [1.29, 1.82) is 0 Å². The smallest absolute Gasteiger partial charge is 0.276 e. The third kappa shape index (κ3) is 4.27. The monoisotopic (exact) mass is 284 g/mol. The highest BCUT2D eigenvalue weighted by Gasteiger charge is 2.09. The van der Waals surface area contributed by atoms with Gasteiger partial charge in [-0.15, -0.1) is 10.2 Å². The summed E-state index contributed by atoms with van der Waals surface area (Å²) in [4.78, 5) is 12.1. The van der Waals surface area contributed by atoms with Crippen LogP contribution in [0.1, 0.15) is 29.9 Å². The highest BCUT2D eigenvalue weighted by Crippen LogP contribution is 2.14. The quantitative estimate of drug-likeness (QED) is 0.885. The molecule has 2 rings (SSSR count). The molecule has 0 bridgehead atoms. The summed E-state index contributed by atoms with van der Waals surface area (Å²) < 4.78 is 0. The lowest BCUT2D eigenvalue weighted by atomic mass is 10.2. The van der Waals surface area contributed by atoms with Gasteiger partial charge < -0.3 is 10.6 Å². The molecule has 1 amide bonds. The molecular formula is C16H20N4O. The maximum absolute atomic E-state index is 12.1. The minimum absolute atomic E-state index is 0.257. The SMILES string of the molecule is Cc1ccccc1NC(=O)c1ccc(NCC(C)C)nn1. The van der Waals surface area contributed by atoms with Crippen LogP contribution in [-0.2, 0) is 0 Å². The van der Waals surface area contributed by atoms with E-state index in [1.165, 1.54) is 0 Å². The number of carbonyl (C=O) groups excluding carboxylic acids is 1. The second-order valence-corrected chi connectivity index (χ2v) is 5.35. The predicted molar refractivity (Wildman–Crippen MR) is 84.5 cm³/mol. The summed E-state index contributed by atoms with van der Waals surface area (Å²) >= 11 is 0. The van der Waals surface area contributed by atoms with Crippen LogP contribution < -0.4 is 10.6 Å². The summed E-state index contributed by atoms with van der Waals surface area (Å²) in [6.07, 6.45) is 0. The van der Waals surface area contributed by atoms with Crippen LogP contribution in [0.4, 0.5) is 11.5 Å². The molecule has 110 valence electrons. The predicted octanol–water partition coefficient (Wildman–Crippen LogP) is 3.11. The van der Waals surface area contributed by atoms with Gasteiger partial charge in [-0.05, 0) is 36.6 Å². The van der Waals surface area contributed by atoms with Crippen molar-refractivity contribution in [2.75, 3.05) is 17.2 Å². The van der Waals surface area contributed by atoms with Gasteiger partial charge in [0.2, 0.25) is 0 Å². The Kier molecular flexibility index (Phi) is 4.87. The summed E-state index contributed by atoms with van der Waals surface area (Å²) in [6.45, 7) is 7.00. The highest BCUT2D eigenvalue weighted by molar-refractivity contribution is 6.03. The molecule has 0 fully saturated rings. The minimum Gasteiger partial charge on any atom is -0.368 e. The van der Waals surface area contributed by atoms with E-state index < -0.39 is 0 Å². The molecule has 0 atom stereocenters. The molecule has 5 nitrogen and oxygen atoms in total. The van der Waals surface area contributed by atoms with Gasteiger partial charge in [0.15, 0.2) is 5.69 Å². The van der Waals surface area contributed by atoms with Crippen molar-refractivity contribution < 1.29 is 4.79 Å². The summed E-state index contributed by atoms with van der Waals surface area (Å²) in [5.41, 5.74) is 2.09. The lowest BCUT2D eigenvalue weighted by Crippen LogP contribution is -2.16. The minimum atomic E-state index is -0.257. The summed E-state index contributed by atoms with van der Waals surface area (Å²) in [5.74, 6) is 0.944. The van der Waals surface area contributed by atoms with Crippen LogP contribution in [0.15, 0.2) is 36.4 Å². The maximum atomic E-state index is 12.1. The molecule has 0 saturated carbocycles. The Morgan fingerprint density at radius 2 is 1.90 bits per heavy atom. The summed E-state index contributed by atoms with van der Waals surface area (Å²) in [7, 11) is 0. The largest absolute Gasteiger partial charge is 0.368 e. The average molecular weight is 284 g/mol. The summed E-state index contributed by atoms with van der Waals surface area (Å²) in [6, 6.07) is 11.1. The Labute approximate surface area is 124 Å². The third-order valence-electron chi connectivity index (χ3n) is 2.98. The van der Waals surface area contributed by atoms with Crippen molar-refractivity contribution in [1.82, 2.24) is 10.2 Å². The van der Waals surface area contributed by atoms with E-state index in [1.807, 2.05) is 31.2 Å². The first-order valence-corrected chi connectivity index (χ1v) is 7.01. The normalized spacial score (nSPS) is 10.5. The van der Waals surface area contributed by atoms with Gasteiger partial charge in [0.1, 0.15) is 5.82 Å². The number of aromatic nitrogens is 2. The number of rotatable bonds is 5. The van der Waals surface area contributed by atoms with Gasteiger partial charge in [-0.2, -0.15) is 0 Å². The van der Waals surface area contributed by atoms with E-state index >= 15 is 0 Å². The number of amides is 1. The number of aryl methyl sites for hydroxylation is 1. The topological polar surface area (TPSA) is 66.9 Å². The van der Waals surface area contributed by atoms with Crippen molar-refractivity contribution in [3.63, 3.8) is 0 Å². The van der Waals surface area contributed by atoms with E-state index in [4.69, 9.17) is 0 Å². The molecule has 2 aromatic rings. The van der Waals surface area contributed by atoms with Crippen molar-refractivity contribution in [2.45, 2.75) is 20.8 Å². The van der Waals surface area contributed by atoms with Crippen LogP contribution in [0.5, 0.6) is 0 Å². The number of nitrogens with one attached hydrogen (secondary N) is 2. The maximum Gasteiger partial charge on any atom is 0.276 e. The van der Waals surface area contributed by atoms with Gasteiger partial charge in [-0.1, -0.05) is 32.0 Å². The molecular weight excluding hydrogens is 264 g/mol. The van der Waals surface area contributed by atoms with Crippen LogP contribution in [-0.4, -0.2) is 22.6 Å². The molecule has 1 heterocycles. The van der Waals surface area contributed by atoms with Gasteiger partial charge in [0, 0.05) is 12.2 Å². The zero-order valence-corrected chi connectivity index (χ0v) is 12.6. The number of hydrogen-bond donors (Lipinski definition) is 2. The first-order valence-electron chi connectivity index (χ1n) is 7.01. The van der Waals surface area contributed by atoms with Gasteiger partial charge in [-0.25, -0.2) is 0 Å². The first kappa shape index (κ1) is 15.0. The Morgan fingerprint density at radius 3 is 2.52 bits per heavy atom. The first-order chi connectivity index (χ1) is 10.1. The number of anilines is 2. The second kappa shape index (κ2) is 6.83. The molecule has 0 saturated heterocycles. The van der Waals surface area contributed by atoms with E-state index in [1.54, 1.807) is 12.1 Å². The molecule has 0 spiro atoms. The zero-order valence-electron chi connectivity index (χ0n) is 12.6. The molecule has 5 heteroatoms. The van der Waals surface area contributed by atoms with E-state index in [9.17, 15) is 4.79 Å². The van der Waals surface area contributed by atoms with Crippen molar-refractivity contribution in [2.24, 2.45) is 5.92 Å². The standard InChI is InChI=1S/C16H20N4O/c1-11(2)10-17-15-9-8-14(19-20-15)16(21)18-13-7-5-4-6-12(13)3/h4-9,11H,10H2,1-3H3,(H,17,20)(H,18,21). The fraction of sp³-hybridized carbons (Fsp3) is 0.312. The van der Waals surface area contributed by atoms with Gasteiger partial charge in [-0.3, -0.25) is 4.79 Å². The fourth-order valence-electron chi connectivity index (χ4n) is 1.76. The molecule has 21 heavy (non-hydrogen) atoms. The number of carbonyl (C=O) groups is 1. The molecule has 1 aromatic heterocycles. The molecule has 0 unspecified atom stereocenters. The van der Waals surface area contributed by atoms with Crippen molar-refractivity contribution in [3.05, 3.63) is 47.7 Å². The lowest BCUT2D eigenvalue weighted by molar-refractivity contribution is 0.102. The Morgan fingerprint density at radius 1 is 1.14 bits per heavy atom. The Balaban J connectivity index is 2.01. The summed E-state index contributed by atoms with van der Waals surface area (Å²) in [5, 5.41) is 14.0. The average Bonchev–Trinajstić information content (AvgIpc) is 2.48. The number of benzene rings is 1. The Bertz CT molecular complexity index is 608. The molecule has 0 radical (unpaired) electrons. The Hall–Kier alpha value is -2.43. The van der Waals surface area contributed by atoms with Crippen molar-refractivity contribution >= 4 is 17.4 Å². The van der Waals surface area contributed by atoms with Crippen LogP contribution in [0.25, 0.3) is 0 Å².